The van der Waals surface area contributed by atoms with Gasteiger partial charge in [0.15, 0.2) is 0 Å². The quantitative estimate of drug-likeness (QED) is 0.440. The summed E-state index contributed by atoms with van der Waals surface area (Å²) in [6.45, 7) is 0.433. The molecule has 0 saturated heterocycles. The Hall–Kier alpha value is -2.19. The second kappa shape index (κ2) is 9.49. The van der Waals surface area contributed by atoms with Crippen molar-refractivity contribution in [2.75, 3.05) is 19.0 Å². The summed E-state index contributed by atoms with van der Waals surface area (Å²) in [7, 11) is 1.19. The van der Waals surface area contributed by atoms with E-state index in [-0.39, 0.29) is 47.1 Å². The zero-order valence-electron chi connectivity index (χ0n) is 14.7. The normalized spacial score (nSPS) is 15.5. The third kappa shape index (κ3) is 5.40. The van der Waals surface area contributed by atoms with E-state index >= 15 is 0 Å². The largest absolute Gasteiger partial charge is 0.465 e. The van der Waals surface area contributed by atoms with Gasteiger partial charge in [0.1, 0.15) is 0 Å². The molecule has 1 aliphatic carbocycles. The van der Waals surface area contributed by atoms with Gasteiger partial charge in [0.2, 0.25) is 5.91 Å². The minimum Gasteiger partial charge on any atom is -0.465 e. The molecule has 0 spiro atoms. The molecular formula is C17H24ClN3O5. The van der Waals surface area contributed by atoms with Gasteiger partial charge in [-0.05, 0) is 30.9 Å². The molecule has 1 aliphatic rings. The van der Waals surface area contributed by atoms with Crippen molar-refractivity contribution in [3.63, 3.8) is 0 Å². The molecule has 0 atom stereocenters. The maximum absolute atomic E-state index is 12.4. The molecule has 3 N–H and O–H groups in total. The van der Waals surface area contributed by atoms with Gasteiger partial charge in [-0.15, -0.1) is 12.4 Å². The first-order valence-corrected chi connectivity index (χ1v) is 8.27. The molecule has 1 amide bonds. The molecule has 0 unspecified atom stereocenters. The molecule has 1 fully saturated rings. The number of non-ortho nitro benzene ring substituents is 1. The second-order valence-corrected chi connectivity index (χ2v) is 6.51. The van der Waals surface area contributed by atoms with Gasteiger partial charge >= 0.3 is 5.97 Å². The summed E-state index contributed by atoms with van der Waals surface area (Å²) in [5.74, 6) is -0.964. The average Bonchev–Trinajstić information content (AvgIpc) is 2.61. The SMILES string of the molecule is COC(=O)c1cc(NC(=O)CC2(CN)CCCCC2)cc([N+](=O)[O-])c1.Cl. The van der Waals surface area contributed by atoms with Crippen LogP contribution >= 0.6 is 12.4 Å². The minimum atomic E-state index is -0.704. The van der Waals surface area contributed by atoms with Crippen LogP contribution in [0.4, 0.5) is 11.4 Å². The van der Waals surface area contributed by atoms with Gasteiger partial charge in [0.05, 0.1) is 17.6 Å². The van der Waals surface area contributed by atoms with Gasteiger partial charge < -0.3 is 15.8 Å². The fourth-order valence-corrected chi connectivity index (χ4v) is 3.33. The van der Waals surface area contributed by atoms with Crippen molar-refractivity contribution in [2.24, 2.45) is 11.1 Å². The van der Waals surface area contributed by atoms with E-state index in [0.717, 1.165) is 38.2 Å². The summed E-state index contributed by atoms with van der Waals surface area (Å²) in [5, 5.41) is 13.7. The number of rotatable bonds is 6. The number of anilines is 1. The lowest BCUT2D eigenvalue weighted by atomic mass is 9.71. The molecule has 144 valence electrons. The third-order valence-corrected chi connectivity index (χ3v) is 4.72. The van der Waals surface area contributed by atoms with E-state index in [4.69, 9.17) is 5.73 Å². The van der Waals surface area contributed by atoms with E-state index in [9.17, 15) is 19.7 Å². The Labute approximate surface area is 158 Å². The Morgan fingerprint density at radius 2 is 1.92 bits per heavy atom. The zero-order chi connectivity index (χ0) is 18.4. The Morgan fingerprint density at radius 1 is 1.27 bits per heavy atom. The molecule has 0 radical (unpaired) electrons. The third-order valence-electron chi connectivity index (χ3n) is 4.72. The molecule has 2 rings (SSSR count). The highest BCUT2D eigenvalue weighted by Gasteiger charge is 2.33. The number of carbonyl (C=O) groups is 2. The van der Waals surface area contributed by atoms with Crippen molar-refractivity contribution in [2.45, 2.75) is 38.5 Å². The van der Waals surface area contributed by atoms with Crippen molar-refractivity contribution in [3.05, 3.63) is 33.9 Å². The van der Waals surface area contributed by atoms with Crippen LogP contribution in [0.5, 0.6) is 0 Å². The summed E-state index contributed by atoms with van der Waals surface area (Å²) in [6.07, 6.45) is 5.32. The molecule has 0 aromatic heterocycles. The number of nitrogens with two attached hydrogens (primary N) is 1. The predicted octanol–water partition coefficient (Wildman–Crippen LogP) is 3.04. The number of hydrogen-bond donors (Lipinski definition) is 2. The molecule has 26 heavy (non-hydrogen) atoms. The first-order chi connectivity index (χ1) is 11.9. The average molecular weight is 386 g/mol. The van der Waals surface area contributed by atoms with E-state index in [1.54, 1.807) is 0 Å². The number of amides is 1. The Kier molecular flexibility index (Phi) is 7.98. The lowest BCUT2D eigenvalue weighted by molar-refractivity contribution is -0.384. The molecule has 8 nitrogen and oxygen atoms in total. The number of nitrogens with zero attached hydrogens (tertiary/aromatic N) is 1. The van der Waals surface area contributed by atoms with Gasteiger partial charge in [-0.3, -0.25) is 14.9 Å². The van der Waals surface area contributed by atoms with E-state index < -0.39 is 10.9 Å². The molecule has 0 aliphatic heterocycles. The zero-order valence-corrected chi connectivity index (χ0v) is 15.5. The van der Waals surface area contributed by atoms with Gasteiger partial charge in [-0.1, -0.05) is 19.3 Å². The van der Waals surface area contributed by atoms with Crippen molar-refractivity contribution < 1.29 is 19.2 Å². The number of halogens is 1. The van der Waals surface area contributed by atoms with Crippen LogP contribution in [0.15, 0.2) is 18.2 Å². The molecule has 0 bridgehead atoms. The highest BCUT2D eigenvalue weighted by atomic mass is 35.5. The van der Waals surface area contributed by atoms with Crippen LogP contribution in [0.3, 0.4) is 0 Å². The van der Waals surface area contributed by atoms with Crippen LogP contribution in [-0.2, 0) is 9.53 Å². The van der Waals surface area contributed by atoms with Crippen molar-refractivity contribution in [1.82, 2.24) is 0 Å². The monoisotopic (exact) mass is 385 g/mol. The number of carbonyl (C=O) groups excluding carboxylic acids is 2. The summed E-state index contributed by atoms with van der Waals surface area (Å²) >= 11 is 0. The second-order valence-electron chi connectivity index (χ2n) is 6.51. The Morgan fingerprint density at radius 3 is 2.46 bits per heavy atom. The molecule has 9 heteroatoms. The maximum atomic E-state index is 12.4. The Bertz CT molecular complexity index is 674. The lowest BCUT2D eigenvalue weighted by Gasteiger charge is -2.35. The summed E-state index contributed by atoms with van der Waals surface area (Å²) in [4.78, 5) is 34.5. The smallest absolute Gasteiger partial charge is 0.338 e. The number of methoxy groups -OCH3 is 1. The van der Waals surface area contributed by atoms with Gasteiger partial charge in [0, 0.05) is 24.2 Å². The number of nitro groups is 1. The van der Waals surface area contributed by atoms with E-state index in [1.807, 2.05) is 0 Å². The summed E-state index contributed by atoms with van der Waals surface area (Å²) in [6, 6.07) is 3.71. The molecular weight excluding hydrogens is 362 g/mol. The lowest BCUT2D eigenvalue weighted by Crippen LogP contribution is -2.36. The van der Waals surface area contributed by atoms with Crippen LogP contribution < -0.4 is 11.1 Å². The highest BCUT2D eigenvalue weighted by molar-refractivity contribution is 5.95. The van der Waals surface area contributed by atoms with E-state index in [0.29, 0.717) is 6.54 Å². The number of nitro benzene ring substituents is 1. The highest BCUT2D eigenvalue weighted by Crippen LogP contribution is 2.38. The topological polar surface area (TPSA) is 125 Å². The van der Waals surface area contributed by atoms with E-state index in [1.165, 1.54) is 19.2 Å². The number of hydrogen-bond acceptors (Lipinski definition) is 6. The van der Waals surface area contributed by atoms with Gasteiger partial charge in [-0.2, -0.15) is 0 Å². The van der Waals surface area contributed by atoms with E-state index in [2.05, 4.69) is 10.1 Å². The summed E-state index contributed by atoms with van der Waals surface area (Å²) in [5.41, 5.74) is 5.60. The standard InChI is InChI=1S/C17H23N3O5.ClH/c1-25-16(22)12-7-13(9-14(8-12)20(23)24)19-15(21)10-17(11-18)5-3-2-4-6-17;/h7-9H,2-6,10-11,18H2,1H3,(H,19,21);1H. The van der Waals surface area contributed by atoms with Crippen molar-refractivity contribution >= 4 is 35.7 Å². The number of ether oxygens (including phenoxy) is 1. The van der Waals surface area contributed by atoms with Crippen molar-refractivity contribution in [3.8, 4) is 0 Å². The number of nitrogens with one attached hydrogen (secondary N) is 1. The van der Waals surface area contributed by atoms with Crippen LogP contribution in [0.2, 0.25) is 0 Å². The van der Waals surface area contributed by atoms with Crippen LogP contribution in [0, 0.1) is 15.5 Å². The van der Waals surface area contributed by atoms with Crippen LogP contribution in [0.1, 0.15) is 48.9 Å². The molecule has 1 aromatic carbocycles. The van der Waals surface area contributed by atoms with Crippen LogP contribution in [0.25, 0.3) is 0 Å². The van der Waals surface area contributed by atoms with Gasteiger partial charge in [0.25, 0.3) is 5.69 Å². The minimum absolute atomic E-state index is 0. The molecule has 1 saturated carbocycles. The molecule has 0 heterocycles. The first-order valence-electron chi connectivity index (χ1n) is 8.27. The molecule has 1 aromatic rings. The first kappa shape index (κ1) is 21.9. The fourth-order valence-electron chi connectivity index (χ4n) is 3.33. The Balaban J connectivity index is 0.00000338. The maximum Gasteiger partial charge on any atom is 0.338 e. The predicted molar refractivity (Wildman–Crippen MR) is 99.5 cm³/mol. The van der Waals surface area contributed by atoms with Crippen LogP contribution in [-0.4, -0.2) is 30.5 Å². The van der Waals surface area contributed by atoms with Crippen molar-refractivity contribution in [1.29, 1.82) is 0 Å². The number of esters is 1. The number of benzene rings is 1. The van der Waals surface area contributed by atoms with Gasteiger partial charge in [-0.25, -0.2) is 4.79 Å². The fraction of sp³-hybridized carbons (Fsp3) is 0.529. The summed E-state index contributed by atoms with van der Waals surface area (Å²) < 4.78 is 4.60.